The lowest BCUT2D eigenvalue weighted by Gasteiger charge is -2.13. The molecule has 0 heterocycles. The van der Waals surface area contributed by atoms with Crippen LogP contribution in [0.2, 0.25) is 0 Å². The lowest BCUT2D eigenvalue weighted by atomic mass is 10.0. The van der Waals surface area contributed by atoms with E-state index in [9.17, 15) is 18.1 Å². The van der Waals surface area contributed by atoms with E-state index in [0.29, 0.717) is 30.8 Å². The van der Waals surface area contributed by atoms with E-state index in [4.69, 9.17) is 10.6 Å². The maximum Gasteiger partial charge on any atom is 0.416 e. The van der Waals surface area contributed by atoms with Gasteiger partial charge in [-0.05, 0) is 30.5 Å². The summed E-state index contributed by atoms with van der Waals surface area (Å²) in [6, 6.07) is 4.81. The number of nitroso groups, excluding NO2 is 1. The Bertz CT molecular complexity index is 547. The molecule has 0 bridgehead atoms. The van der Waals surface area contributed by atoms with Gasteiger partial charge in [0.15, 0.2) is 0 Å². The first-order valence-corrected chi connectivity index (χ1v) is 8.07. The molecule has 1 aromatic rings. The molecule has 140 valence electrons. The molecule has 9 heteroatoms. The van der Waals surface area contributed by atoms with Gasteiger partial charge in [-0.3, -0.25) is 5.01 Å². The van der Waals surface area contributed by atoms with Crippen molar-refractivity contribution in [1.82, 2.24) is 5.01 Å². The Morgan fingerprint density at radius 2 is 1.92 bits per heavy atom. The Morgan fingerprint density at radius 3 is 2.44 bits per heavy atom. The third-order valence-corrected chi connectivity index (χ3v) is 3.43. The smallest absolute Gasteiger partial charge is 0.394 e. The number of nitrogens with two attached hydrogens (primary N) is 1. The Labute approximate surface area is 144 Å². The summed E-state index contributed by atoms with van der Waals surface area (Å²) in [7, 11) is 0. The summed E-state index contributed by atoms with van der Waals surface area (Å²) >= 11 is 0. The van der Waals surface area contributed by atoms with Crippen molar-refractivity contribution in [1.29, 1.82) is 0 Å². The van der Waals surface area contributed by atoms with E-state index in [0.717, 1.165) is 25.0 Å². The highest BCUT2D eigenvalue weighted by molar-refractivity contribution is 6.00. The van der Waals surface area contributed by atoms with Crippen LogP contribution in [-0.4, -0.2) is 37.0 Å². The van der Waals surface area contributed by atoms with E-state index in [1.54, 1.807) is 0 Å². The summed E-state index contributed by atoms with van der Waals surface area (Å²) in [6.07, 6.45) is -2.04. The number of halogens is 3. The van der Waals surface area contributed by atoms with Gasteiger partial charge < -0.3 is 10.6 Å². The fourth-order valence-corrected chi connectivity index (χ4v) is 2.05. The largest absolute Gasteiger partial charge is 0.416 e. The second-order valence-corrected chi connectivity index (χ2v) is 5.37. The molecule has 0 unspecified atom stereocenters. The third kappa shape index (κ3) is 7.51. The van der Waals surface area contributed by atoms with Crippen LogP contribution in [0.25, 0.3) is 0 Å². The van der Waals surface area contributed by atoms with E-state index < -0.39 is 11.7 Å². The fourth-order valence-electron chi connectivity index (χ4n) is 2.05. The van der Waals surface area contributed by atoms with Crippen LogP contribution in [-0.2, 0) is 11.0 Å². The fraction of sp³-hybridized carbons (Fsp3) is 0.562. The molecule has 6 nitrogen and oxygen atoms in total. The second-order valence-electron chi connectivity index (χ2n) is 5.37. The maximum atomic E-state index is 12.6. The number of nitrogens with zero attached hydrogens (tertiary/aromatic N) is 3. The van der Waals surface area contributed by atoms with Crippen LogP contribution in [0, 0.1) is 4.91 Å². The molecular formula is C16H23F3N4O2. The molecule has 25 heavy (non-hydrogen) atoms. The van der Waals surface area contributed by atoms with E-state index in [2.05, 4.69) is 10.4 Å². The maximum absolute atomic E-state index is 12.6. The number of oxime groups is 1. The van der Waals surface area contributed by atoms with Gasteiger partial charge in [-0.1, -0.05) is 30.6 Å². The Balaban J connectivity index is 2.74. The third-order valence-electron chi connectivity index (χ3n) is 3.43. The van der Waals surface area contributed by atoms with Crippen molar-refractivity contribution in [2.75, 3.05) is 26.2 Å². The highest BCUT2D eigenvalue weighted by Crippen LogP contribution is 2.29. The van der Waals surface area contributed by atoms with Gasteiger partial charge in [0.1, 0.15) is 6.61 Å². The average molecular weight is 360 g/mol. The van der Waals surface area contributed by atoms with Crippen LogP contribution >= 0.6 is 0 Å². The van der Waals surface area contributed by atoms with Gasteiger partial charge in [-0.15, -0.1) is 4.91 Å². The summed E-state index contributed by atoms with van der Waals surface area (Å²) in [5.74, 6) is 0. The minimum atomic E-state index is -4.37. The first-order chi connectivity index (χ1) is 11.9. The topological polar surface area (TPSA) is 80.3 Å². The van der Waals surface area contributed by atoms with Gasteiger partial charge in [-0.2, -0.15) is 13.2 Å². The predicted molar refractivity (Wildman–Crippen MR) is 89.9 cm³/mol. The van der Waals surface area contributed by atoms with Gasteiger partial charge in [-0.25, -0.2) is 0 Å². The standard InChI is InChI=1S/C16H23F3N4O2/c1-2-3-4-15(21-25-12-11-23(22-24)10-9-20)13-5-7-14(8-6-13)16(17,18)19/h5-8H,2-4,9-12,20H2,1H3/b21-15+. The van der Waals surface area contributed by atoms with Gasteiger partial charge in [0.25, 0.3) is 0 Å². The molecule has 0 saturated carbocycles. The molecular weight excluding hydrogens is 337 g/mol. The summed E-state index contributed by atoms with van der Waals surface area (Å²) in [5, 5.41) is 8.05. The van der Waals surface area contributed by atoms with Crippen LogP contribution in [0.3, 0.4) is 0 Å². The molecule has 0 radical (unpaired) electrons. The summed E-state index contributed by atoms with van der Waals surface area (Å²) in [6.45, 7) is 2.98. The monoisotopic (exact) mass is 360 g/mol. The summed E-state index contributed by atoms with van der Waals surface area (Å²) in [4.78, 5) is 15.7. The lowest BCUT2D eigenvalue weighted by Crippen LogP contribution is -2.27. The molecule has 0 saturated heterocycles. The molecule has 0 atom stereocenters. The number of hydrogen-bond acceptors (Lipinski definition) is 5. The molecule has 0 spiro atoms. The van der Waals surface area contributed by atoms with Crippen molar-refractivity contribution < 1.29 is 18.0 Å². The molecule has 0 aromatic heterocycles. The number of alkyl halides is 3. The minimum Gasteiger partial charge on any atom is -0.394 e. The molecule has 1 aromatic carbocycles. The number of unbranched alkanes of at least 4 members (excludes halogenated alkanes) is 1. The van der Waals surface area contributed by atoms with Crippen molar-refractivity contribution >= 4 is 5.71 Å². The normalized spacial score (nSPS) is 12.1. The van der Waals surface area contributed by atoms with Gasteiger partial charge in [0.05, 0.1) is 29.7 Å². The Kier molecular flexibility index (Phi) is 8.90. The number of rotatable bonds is 11. The van der Waals surface area contributed by atoms with E-state index in [1.165, 1.54) is 17.1 Å². The molecule has 0 aliphatic heterocycles. The zero-order valence-corrected chi connectivity index (χ0v) is 14.1. The van der Waals surface area contributed by atoms with Crippen LogP contribution in [0.1, 0.15) is 37.3 Å². The molecule has 0 fully saturated rings. The SMILES string of the molecule is CCCC/C(=N\OCCN(CCN)N=O)c1ccc(C(F)(F)F)cc1. The van der Waals surface area contributed by atoms with Crippen molar-refractivity contribution in [2.45, 2.75) is 32.4 Å². The van der Waals surface area contributed by atoms with Gasteiger partial charge in [0.2, 0.25) is 0 Å². The molecule has 2 N–H and O–H groups in total. The van der Waals surface area contributed by atoms with E-state index >= 15 is 0 Å². The number of hydrogen-bond donors (Lipinski definition) is 1. The van der Waals surface area contributed by atoms with Crippen LogP contribution in [0.5, 0.6) is 0 Å². The summed E-state index contributed by atoms with van der Waals surface area (Å²) < 4.78 is 37.9. The zero-order chi connectivity index (χ0) is 18.7. The Hall–Kier alpha value is -2.16. The second kappa shape index (κ2) is 10.7. The van der Waals surface area contributed by atoms with Gasteiger partial charge >= 0.3 is 6.18 Å². The summed E-state index contributed by atoms with van der Waals surface area (Å²) in [5.41, 5.74) is 5.78. The average Bonchev–Trinajstić information content (AvgIpc) is 2.59. The highest BCUT2D eigenvalue weighted by Gasteiger charge is 2.30. The van der Waals surface area contributed by atoms with E-state index in [1.807, 2.05) is 6.92 Å². The van der Waals surface area contributed by atoms with Gasteiger partial charge in [0, 0.05) is 6.54 Å². The van der Waals surface area contributed by atoms with Crippen molar-refractivity contribution in [3.8, 4) is 0 Å². The molecule has 0 amide bonds. The minimum absolute atomic E-state index is 0.127. The van der Waals surface area contributed by atoms with E-state index in [-0.39, 0.29) is 13.2 Å². The lowest BCUT2D eigenvalue weighted by molar-refractivity contribution is -0.137. The quantitative estimate of drug-likeness (QED) is 0.283. The zero-order valence-electron chi connectivity index (χ0n) is 14.1. The van der Waals surface area contributed by atoms with Crippen molar-refractivity contribution in [3.63, 3.8) is 0 Å². The first-order valence-electron chi connectivity index (χ1n) is 8.07. The first kappa shape index (κ1) is 20.9. The Morgan fingerprint density at radius 1 is 1.24 bits per heavy atom. The molecule has 0 aliphatic rings. The molecule has 0 aliphatic carbocycles. The predicted octanol–water partition coefficient (Wildman–Crippen LogP) is 3.56. The molecule has 1 rings (SSSR count). The van der Waals surface area contributed by atoms with Crippen LogP contribution in [0.4, 0.5) is 13.2 Å². The van der Waals surface area contributed by atoms with Crippen molar-refractivity contribution in [3.05, 3.63) is 40.3 Å². The highest BCUT2D eigenvalue weighted by atomic mass is 19.4. The van der Waals surface area contributed by atoms with Crippen LogP contribution < -0.4 is 5.73 Å². The van der Waals surface area contributed by atoms with Crippen molar-refractivity contribution in [2.24, 2.45) is 16.2 Å². The number of benzene rings is 1. The van der Waals surface area contributed by atoms with Crippen LogP contribution in [0.15, 0.2) is 34.7 Å².